The van der Waals surface area contributed by atoms with Crippen molar-refractivity contribution in [3.63, 3.8) is 0 Å². The van der Waals surface area contributed by atoms with Crippen molar-refractivity contribution in [2.45, 2.75) is 6.18 Å². The van der Waals surface area contributed by atoms with Gasteiger partial charge in [-0.15, -0.1) is 11.3 Å². The zero-order chi connectivity index (χ0) is 19.7. The highest BCUT2D eigenvalue weighted by Gasteiger charge is 2.30. The van der Waals surface area contributed by atoms with E-state index >= 15 is 0 Å². The number of fused-ring (bicyclic) bond motifs is 1. The maximum atomic E-state index is 12.9. The first-order valence-corrected chi connectivity index (χ1v) is 8.81. The van der Waals surface area contributed by atoms with Crippen molar-refractivity contribution in [2.24, 2.45) is 0 Å². The Kier molecular flexibility index (Phi) is 4.41. The molecule has 0 bridgehead atoms. The lowest BCUT2D eigenvalue weighted by Crippen LogP contribution is -2.03. The molecule has 4 rings (SSSR count). The average molecular weight is 397 g/mol. The molecule has 2 aromatic carbocycles. The first-order valence-electron chi connectivity index (χ1n) is 7.99. The second-order valence-corrected chi connectivity index (χ2v) is 6.83. The van der Waals surface area contributed by atoms with Crippen molar-refractivity contribution in [1.82, 2.24) is 19.7 Å². The van der Waals surface area contributed by atoms with Gasteiger partial charge in [0.25, 0.3) is 0 Å². The molecule has 138 valence electrons. The molecule has 0 amide bonds. The van der Waals surface area contributed by atoms with Crippen molar-refractivity contribution in [2.75, 3.05) is 0 Å². The van der Waals surface area contributed by atoms with E-state index in [0.29, 0.717) is 9.71 Å². The van der Waals surface area contributed by atoms with E-state index < -0.39 is 11.7 Å². The topological polar surface area (TPSA) is 67.4 Å². The molecule has 0 saturated carbocycles. The lowest BCUT2D eigenvalue weighted by atomic mass is 10.1. The number of halogens is 3. The zero-order valence-corrected chi connectivity index (χ0v) is 14.9. The number of aromatic nitrogens is 4. The number of thiazole rings is 1. The molecule has 0 spiro atoms. The van der Waals surface area contributed by atoms with Gasteiger partial charge in [0.15, 0.2) is 0 Å². The molecule has 0 aliphatic carbocycles. The third kappa shape index (κ3) is 3.50. The molecule has 0 fully saturated rings. The molecule has 4 aromatic rings. The third-order valence-corrected chi connectivity index (χ3v) is 5.02. The Hall–Kier alpha value is -3.51. The van der Waals surface area contributed by atoms with Crippen LogP contribution in [0.25, 0.3) is 27.6 Å². The Morgan fingerprint density at radius 1 is 1.14 bits per heavy atom. The van der Waals surface area contributed by atoms with Crippen LogP contribution in [0.4, 0.5) is 13.2 Å². The van der Waals surface area contributed by atoms with Gasteiger partial charge >= 0.3 is 6.18 Å². The van der Waals surface area contributed by atoms with E-state index in [0.717, 1.165) is 23.4 Å². The summed E-state index contributed by atoms with van der Waals surface area (Å²) in [5.41, 5.74) is 1.31. The first kappa shape index (κ1) is 17.9. The van der Waals surface area contributed by atoms with Gasteiger partial charge in [-0.3, -0.25) is 0 Å². The molecule has 0 atom stereocenters. The normalized spacial score (nSPS) is 12.3. The Morgan fingerprint density at radius 3 is 2.57 bits per heavy atom. The summed E-state index contributed by atoms with van der Waals surface area (Å²) in [4.78, 5) is 8.10. The van der Waals surface area contributed by atoms with Gasteiger partial charge in [0, 0.05) is 0 Å². The summed E-state index contributed by atoms with van der Waals surface area (Å²) in [7, 11) is 0. The molecule has 9 heteroatoms. The van der Waals surface area contributed by atoms with E-state index in [1.165, 1.54) is 23.7 Å². The van der Waals surface area contributed by atoms with E-state index in [9.17, 15) is 18.4 Å². The number of hydrogen-bond donors (Lipinski definition) is 0. The van der Waals surface area contributed by atoms with Crippen LogP contribution in [-0.4, -0.2) is 19.7 Å². The molecule has 0 N–H and O–H groups in total. The average Bonchev–Trinajstić information content (AvgIpc) is 3.35. The number of nitrogens with zero attached hydrogens (tertiary/aromatic N) is 5. The van der Waals surface area contributed by atoms with E-state index in [4.69, 9.17) is 0 Å². The van der Waals surface area contributed by atoms with Gasteiger partial charge < -0.3 is 0 Å². The number of allylic oxidation sites excluding steroid dienone is 1. The fourth-order valence-electron chi connectivity index (χ4n) is 2.59. The summed E-state index contributed by atoms with van der Waals surface area (Å²) in [5.74, 6) is 0. The Labute approximate surface area is 161 Å². The number of benzene rings is 2. The smallest absolute Gasteiger partial charge is 0.235 e. The minimum Gasteiger partial charge on any atom is -0.235 e. The predicted octanol–water partition coefficient (Wildman–Crippen LogP) is 4.96. The number of nitriles is 1. The lowest BCUT2D eigenvalue weighted by molar-refractivity contribution is -0.137. The van der Waals surface area contributed by atoms with E-state index in [2.05, 4.69) is 21.1 Å². The van der Waals surface area contributed by atoms with Gasteiger partial charge in [0.2, 0.25) is 0 Å². The molecule has 28 heavy (non-hydrogen) atoms. The van der Waals surface area contributed by atoms with Gasteiger partial charge in [-0.1, -0.05) is 12.1 Å². The van der Waals surface area contributed by atoms with Crippen molar-refractivity contribution in [3.8, 4) is 11.8 Å². The van der Waals surface area contributed by atoms with Gasteiger partial charge in [-0.25, -0.2) is 14.6 Å². The molecular weight excluding hydrogens is 387 g/mol. The summed E-state index contributed by atoms with van der Waals surface area (Å²) in [6.45, 7) is 0. The molecular formula is C19H10F3N5S. The van der Waals surface area contributed by atoms with Crippen LogP contribution in [0.1, 0.15) is 16.1 Å². The highest BCUT2D eigenvalue weighted by Crippen LogP contribution is 2.34. The minimum atomic E-state index is -4.43. The van der Waals surface area contributed by atoms with Crippen LogP contribution in [-0.2, 0) is 6.18 Å². The van der Waals surface area contributed by atoms with E-state index in [-0.39, 0.29) is 11.1 Å². The SMILES string of the molecule is N#CC(=Cc1ccc(-n2cncn2)cc1)c1nc2cc(C(F)(F)F)ccc2s1. The van der Waals surface area contributed by atoms with Crippen LogP contribution >= 0.6 is 11.3 Å². The minimum absolute atomic E-state index is 0.220. The second kappa shape index (κ2) is 6.90. The predicted molar refractivity (Wildman–Crippen MR) is 99.5 cm³/mol. The molecule has 0 aliphatic heterocycles. The first-order chi connectivity index (χ1) is 13.4. The van der Waals surface area contributed by atoms with Crippen LogP contribution < -0.4 is 0 Å². The Balaban J connectivity index is 1.67. The maximum absolute atomic E-state index is 12.9. The molecule has 0 unspecified atom stereocenters. The largest absolute Gasteiger partial charge is 0.416 e. The highest BCUT2D eigenvalue weighted by atomic mass is 32.1. The molecule has 2 heterocycles. The van der Waals surface area contributed by atoms with Crippen LogP contribution in [0, 0.1) is 11.3 Å². The van der Waals surface area contributed by atoms with Crippen LogP contribution in [0.3, 0.4) is 0 Å². The van der Waals surface area contributed by atoms with Crippen molar-refractivity contribution >= 4 is 33.2 Å². The quantitative estimate of drug-likeness (QED) is 0.458. The summed E-state index contributed by atoms with van der Waals surface area (Å²) < 4.78 is 40.8. The molecule has 0 aliphatic rings. The second-order valence-electron chi connectivity index (χ2n) is 5.80. The molecule has 5 nitrogen and oxygen atoms in total. The summed E-state index contributed by atoms with van der Waals surface area (Å²) in [6, 6.07) is 12.7. The van der Waals surface area contributed by atoms with Crippen molar-refractivity contribution in [3.05, 3.63) is 71.3 Å². The summed E-state index contributed by atoms with van der Waals surface area (Å²) in [6.07, 6.45) is 0.214. The zero-order valence-electron chi connectivity index (χ0n) is 14.1. The van der Waals surface area contributed by atoms with Crippen LogP contribution in [0.15, 0.2) is 55.1 Å². The lowest BCUT2D eigenvalue weighted by Gasteiger charge is -2.04. The molecule has 0 saturated heterocycles. The fourth-order valence-corrected chi connectivity index (χ4v) is 3.50. The van der Waals surface area contributed by atoms with Crippen LogP contribution in [0.5, 0.6) is 0 Å². The monoisotopic (exact) mass is 397 g/mol. The Bertz CT molecular complexity index is 1200. The maximum Gasteiger partial charge on any atom is 0.416 e. The molecule has 0 radical (unpaired) electrons. The summed E-state index contributed by atoms with van der Waals surface area (Å²) >= 11 is 1.18. The van der Waals surface area contributed by atoms with Gasteiger partial charge in [-0.2, -0.15) is 23.5 Å². The van der Waals surface area contributed by atoms with Gasteiger partial charge in [-0.05, 0) is 42.0 Å². The van der Waals surface area contributed by atoms with E-state index in [1.807, 2.05) is 24.3 Å². The molecule has 2 aromatic heterocycles. The van der Waals surface area contributed by atoms with Gasteiger partial charge in [0.05, 0.1) is 27.0 Å². The number of alkyl halides is 3. The highest BCUT2D eigenvalue weighted by molar-refractivity contribution is 7.19. The fraction of sp³-hybridized carbons (Fsp3) is 0.0526. The van der Waals surface area contributed by atoms with Crippen LogP contribution in [0.2, 0.25) is 0 Å². The number of hydrogen-bond acceptors (Lipinski definition) is 5. The standard InChI is InChI=1S/C19H10F3N5S/c20-19(21,22)14-3-6-17-16(8-14)26-18(28-17)13(9-23)7-12-1-4-15(5-2-12)27-11-24-10-25-27/h1-8,10-11H. The van der Waals surface area contributed by atoms with E-state index in [1.54, 1.807) is 17.1 Å². The van der Waals surface area contributed by atoms with Gasteiger partial charge in [0.1, 0.15) is 23.7 Å². The third-order valence-electron chi connectivity index (χ3n) is 3.95. The Morgan fingerprint density at radius 2 is 1.93 bits per heavy atom. The van der Waals surface area contributed by atoms with Crippen molar-refractivity contribution in [1.29, 1.82) is 5.26 Å². The number of rotatable bonds is 3. The summed E-state index contributed by atoms with van der Waals surface area (Å²) in [5, 5.41) is 13.9. The van der Waals surface area contributed by atoms with Crippen molar-refractivity contribution < 1.29 is 13.2 Å².